The van der Waals surface area contributed by atoms with E-state index in [0.29, 0.717) is 17.2 Å². The maximum absolute atomic E-state index is 12.3. The van der Waals surface area contributed by atoms with E-state index in [9.17, 15) is 10.1 Å². The average Bonchev–Trinajstić information content (AvgIpc) is 2.60. The first kappa shape index (κ1) is 16.4. The molecular weight excluding hydrogens is 292 g/mol. The van der Waals surface area contributed by atoms with Crippen LogP contribution in [0, 0.1) is 17.2 Å². The molecule has 0 aromatic heterocycles. The van der Waals surface area contributed by atoms with E-state index in [-0.39, 0.29) is 12.3 Å². The summed E-state index contributed by atoms with van der Waals surface area (Å²) >= 11 is 0. The zero-order valence-corrected chi connectivity index (χ0v) is 13.1. The van der Waals surface area contributed by atoms with E-state index in [1.165, 1.54) is 0 Å². The van der Waals surface area contributed by atoms with Crippen LogP contribution in [0.4, 0.5) is 5.69 Å². The number of carbonyl (C=O) groups excluding carboxylic acids is 1. The second-order valence-corrected chi connectivity index (χ2v) is 4.92. The van der Waals surface area contributed by atoms with E-state index >= 15 is 0 Å². The molecule has 2 rings (SSSR count). The van der Waals surface area contributed by atoms with Crippen molar-refractivity contribution in [1.82, 2.24) is 0 Å². The summed E-state index contributed by atoms with van der Waals surface area (Å²) in [5.41, 5.74) is 1.45. The fourth-order valence-corrected chi connectivity index (χ4v) is 2.19. The number of rotatable bonds is 6. The van der Waals surface area contributed by atoms with Crippen LogP contribution in [0.2, 0.25) is 0 Å². The Morgan fingerprint density at radius 1 is 1.17 bits per heavy atom. The number of hydrogen-bond acceptors (Lipinski definition) is 4. The van der Waals surface area contributed by atoms with Gasteiger partial charge in [-0.25, -0.2) is 0 Å². The summed E-state index contributed by atoms with van der Waals surface area (Å²) in [5, 5.41) is 12.1. The monoisotopic (exact) mass is 310 g/mol. The van der Waals surface area contributed by atoms with Gasteiger partial charge in [0.15, 0.2) is 0 Å². The van der Waals surface area contributed by atoms with Crippen LogP contribution in [0.3, 0.4) is 0 Å². The minimum atomic E-state index is -0.808. The first-order chi connectivity index (χ1) is 11.2. The lowest BCUT2D eigenvalue weighted by Crippen LogP contribution is -2.23. The number of ether oxygens (including phenoxy) is 2. The lowest BCUT2D eigenvalue weighted by Gasteiger charge is -2.14. The van der Waals surface area contributed by atoms with Gasteiger partial charge in [0, 0.05) is 18.2 Å². The van der Waals surface area contributed by atoms with Crippen molar-refractivity contribution in [3.8, 4) is 17.6 Å². The van der Waals surface area contributed by atoms with Crippen molar-refractivity contribution in [2.24, 2.45) is 5.92 Å². The lowest BCUT2D eigenvalue weighted by atomic mass is 9.98. The highest BCUT2D eigenvalue weighted by atomic mass is 16.5. The Bertz CT molecular complexity index is 708. The molecule has 0 unspecified atom stereocenters. The van der Waals surface area contributed by atoms with Gasteiger partial charge in [-0.3, -0.25) is 4.79 Å². The molecule has 0 saturated carbocycles. The van der Waals surface area contributed by atoms with E-state index in [1.54, 1.807) is 44.6 Å². The number of anilines is 1. The van der Waals surface area contributed by atoms with Gasteiger partial charge in [0.25, 0.3) is 0 Å². The molecule has 2 aromatic carbocycles. The third-order valence-electron chi connectivity index (χ3n) is 3.43. The average molecular weight is 310 g/mol. The SMILES string of the molecule is COc1ccc(C[C@@H](C#N)C(=O)Nc2ccccc2)c(OC)c1. The summed E-state index contributed by atoms with van der Waals surface area (Å²) in [6.45, 7) is 0. The van der Waals surface area contributed by atoms with Crippen LogP contribution in [0.1, 0.15) is 5.56 Å². The molecule has 1 atom stereocenters. The van der Waals surface area contributed by atoms with Crippen molar-refractivity contribution in [2.75, 3.05) is 19.5 Å². The van der Waals surface area contributed by atoms with Crippen molar-refractivity contribution in [1.29, 1.82) is 5.26 Å². The molecular formula is C18H18N2O3. The molecule has 2 aromatic rings. The number of nitrogens with one attached hydrogen (secondary N) is 1. The fraction of sp³-hybridized carbons (Fsp3) is 0.222. The van der Waals surface area contributed by atoms with Crippen LogP contribution in [-0.2, 0) is 11.2 Å². The lowest BCUT2D eigenvalue weighted by molar-refractivity contribution is -0.118. The molecule has 118 valence electrons. The van der Waals surface area contributed by atoms with Crippen molar-refractivity contribution in [3.05, 3.63) is 54.1 Å². The Kier molecular flexibility index (Phi) is 5.59. The van der Waals surface area contributed by atoms with Crippen LogP contribution in [0.15, 0.2) is 48.5 Å². The summed E-state index contributed by atoms with van der Waals surface area (Å²) in [4.78, 5) is 12.3. The summed E-state index contributed by atoms with van der Waals surface area (Å²) in [5.74, 6) is 0.110. The molecule has 23 heavy (non-hydrogen) atoms. The van der Waals surface area contributed by atoms with Gasteiger partial charge in [0.2, 0.25) is 5.91 Å². The summed E-state index contributed by atoms with van der Waals surface area (Å²) in [6, 6.07) is 16.4. The van der Waals surface area contributed by atoms with Gasteiger partial charge in [-0.2, -0.15) is 5.26 Å². The second kappa shape index (κ2) is 7.85. The predicted molar refractivity (Wildman–Crippen MR) is 87.4 cm³/mol. The standard InChI is InChI=1S/C18H18N2O3/c1-22-16-9-8-13(17(11-16)23-2)10-14(12-19)18(21)20-15-6-4-3-5-7-15/h3-9,11,14H,10H2,1-2H3,(H,20,21)/t14-/m0/s1. The highest BCUT2D eigenvalue weighted by Crippen LogP contribution is 2.27. The van der Waals surface area contributed by atoms with Crippen molar-refractivity contribution in [2.45, 2.75) is 6.42 Å². The molecule has 0 saturated heterocycles. The second-order valence-electron chi connectivity index (χ2n) is 4.92. The highest BCUT2D eigenvalue weighted by molar-refractivity contribution is 5.94. The Balaban J connectivity index is 2.13. The number of hydrogen-bond donors (Lipinski definition) is 1. The Morgan fingerprint density at radius 3 is 2.52 bits per heavy atom. The van der Waals surface area contributed by atoms with Crippen LogP contribution in [-0.4, -0.2) is 20.1 Å². The molecule has 1 N–H and O–H groups in total. The summed E-state index contributed by atoms with van der Waals surface area (Å²) in [7, 11) is 3.11. The van der Waals surface area contributed by atoms with Crippen LogP contribution in [0.5, 0.6) is 11.5 Å². The number of para-hydroxylation sites is 1. The Hall–Kier alpha value is -3.00. The van der Waals surface area contributed by atoms with Crippen LogP contribution >= 0.6 is 0 Å². The third kappa shape index (κ3) is 4.24. The van der Waals surface area contributed by atoms with Gasteiger partial charge in [0.1, 0.15) is 17.4 Å². The molecule has 0 bridgehead atoms. The number of methoxy groups -OCH3 is 2. The van der Waals surface area contributed by atoms with Gasteiger partial charge in [-0.15, -0.1) is 0 Å². The highest BCUT2D eigenvalue weighted by Gasteiger charge is 2.20. The predicted octanol–water partition coefficient (Wildman–Crippen LogP) is 3.02. The maximum atomic E-state index is 12.3. The quantitative estimate of drug-likeness (QED) is 0.890. The molecule has 0 heterocycles. The number of benzene rings is 2. The van der Waals surface area contributed by atoms with Crippen LogP contribution in [0.25, 0.3) is 0 Å². The summed E-state index contributed by atoms with van der Waals surface area (Å²) < 4.78 is 10.5. The van der Waals surface area contributed by atoms with E-state index in [1.807, 2.05) is 18.2 Å². The minimum absolute atomic E-state index is 0.266. The molecule has 5 heteroatoms. The van der Waals surface area contributed by atoms with Crippen LogP contribution < -0.4 is 14.8 Å². The van der Waals surface area contributed by atoms with Crippen molar-refractivity contribution < 1.29 is 14.3 Å². The zero-order chi connectivity index (χ0) is 16.7. The normalized spacial score (nSPS) is 11.2. The van der Waals surface area contributed by atoms with Gasteiger partial charge in [-0.05, 0) is 23.8 Å². The zero-order valence-electron chi connectivity index (χ0n) is 13.1. The molecule has 5 nitrogen and oxygen atoms in total. The Morgan fingerprint density at radius 2 is 1.91 bits per heavy atom. The van der Waals surface area contributed by atoms with E-state index < -0.39 is 5.92 Å². The molecule has 0 fully saturated rings. The van der Waals surface area contributed by atoms with E-state index in [2.05, 4.69) is 11.4 Å². The number of nitriles is 1. The minimum Gasteiger partial charge on any atom is -0.497 e. The molecule has 0 spiro atoms. The molecule has 0 radical (unpaired) electrons. The number of nitrogens with zero attached hydrogens (tertiary/aromatic N) is 1. The first-order valence-corrected chi connectivity index (χ1v) is 7.14. The van der Waals surface area contributed by atoms with E-state index in [0.717, 1.165) is 5.56 Å². The van der Waals surface area contributed by atoms with Gasteiger partial charge >= 0.3 is 0 Å². The van der Waals surface area contributed by atoms with Gasteiger partial charge in [0.05, 0.1) is 20.3 Å². The largest absolute Gasteiger partial charge is 0.497 e. The molecule has 0 aliphatic heterocycles. The van der Waals surface area contributed by atoms with Crippen molar-refractivity contribution >= 4 is 11.6 Å². The smallest absolute Gasteiger partial charge is 0.242 e. The Labute approximate surface area is 135 Å². The van der Waals surface area contributed by atoms with Gasteiger partial charge in [-0.1, -0.05) is 24.3 Å². The fourth-order valence-electron chi connectivity index (χ4n) is 2.19. The number of amides is 1. The third-order valence-corrected chi connectivity index (χ3v) is 3.43. The summed E-state index contributed by atoms with van der Waals surface area (Å²) in [6.07, 6.45) is 0.266. The van der Waals surface area contributed by atoms with Gasteiger partial charge < -0.3 is 14.8 Å². The molecule has 1 amide bonds. The topological polar surface area (TPSA) is 71.3 Å². The first-order valence-electron chi connectivity index (χ1n) is 7.14. The molecule has 0 aliphatic carbocycles. The van der Waals surface area contributed by atoms with E-state index in [4.69, 9.17) is 9.47 Å². The molecule has 0 aliphatic rings. The van der Waals surface area contributed by atoms with Crippen molar-refractivity contribution in [3.63, 3.8) is 0 Å². The maximum Gasteiger partial charge on any atom is 0.242 e. The number of carbonyl (C=O) groups is 1.